The number of nitrogens with zero attached hydrogens (tertiary/aromatic N) is 1. The van der Waals surface area contributed by atoms with Gasteiger partial charge >= 0.3 is 0 Å². The van der Waals surface area contributed by atoms with Crippen molar-refractivity contribution >= 4 is 26.8 Å². The number of nitrogens with one attached hydrogen (secondary N) is 1. The maximum Gasteiger partial charge on any atom is 0.241 e. The first kappa shape index (κ1) is 7.61. The van der Waals surface area contributed by atoms with Crippen LogP contribution in [0.15, 0.2) is 22.7 Å². The lowest BCUT2D eigenvalue weighted by molar-refractivity contribution is 0.401. The van der Waals surface area contributed by atoms with Crippen molar-refractivity contribution in [2.45, 2.75) is 0 Å². The first-order chi connectivity index (χ1) is 5.83. The zero-order chi connectivity index (χ0) is 8.55. The summed E-state index contributed by atoms with van der Waals surface area (Å²) >= 11 is 3.43. The molecule has 1 aromatic heterocycles. The van der Waals surface area contributed by atoms with Crippen LogP contribution in [0.5, 0.6) is 5.88 Å². The van der Waals surface area contributed by atoms with E-state index in [0.717, 1.165) is 15.4 Å². The molecule has 1 aromatic carbocycles. The normalized spacial score (nSPS) is 10.5. The van der Waals surface area contributed by atoms with E-state index in [1.165, 1.54) is 0 Å². The van der Waals surface area contributed by atoms with Crippen molar-refractivity contribution in [1.29, 1.82) is 0 Å². The van der Waals surface area contributed by atoms with Gasteiger partial charge in [-0.05, 0) is 28.1 Å². The fraction of sp³-hybridized carbons (Fsp3) is 0.125. The number of ether oxygens (including phenoxy) is 1. The molecule has 0 aliphatic heterocycles. The highest BCUT2D eigenvalue weighted by Gasteiger charge is 2.07. The van der Waals surface area contributed by atoms with Crippen molar-refractivity contribution in [3.63, 3.8) is 0 Å². The number of aromatic nitrogens is 2. The van der Waals surface area contributed by atoms with Crippen LogP contribution in [-0.4, -0.2) is 17.3 Å². The molecule has 0 aliphatic carbocycles. The van der Waals surface area contributed by atoms with Crippen molar-refractivity contribution in [3.05, 3.63) is 22.7 Å². The van der Waals surface area contributed by atoms with E-state index < -0.39 is 0 Å². The molecule has 0 saturated carbocycles. The molecule has 3 nitrogen and oxygen atoms in total. The first-order valence-corrected chi connectivity index (χ1v) is 4.29. The van der Waals surface area contributed by atoms with E-state index in [-0.39, 0.29) is 0 Å². The number of fused-ring (bicyclic) bond motifs is 1. The molecule has 0 aliphatic rings. The standard InChI is InChI=1S/C8H7BrN2O/c1-12-8-7-5(9)3-2-4-6(7)10-11-8/h2-4H,1H3,(H,10,11). The van der Waals surface area contributed by atoms with Gasteiger partial charge in [0.2, 0.25) is 5.88 Å². The third kappa shape index (κ3) is 0.992. The Labute approximate surface area is 77.9 Å². The van der Waals surface area contributed by atoms with Gasteiger partial charge in [-0.2, -0.15) is 0 Å². The highest BCUT2D eigenvalue weighted by molar-refractivity contribution is 9.10. The van der Waals surface area contributed by atoms with Gasteiger partial charge in [0.05, 0.1) is 18.0 Å². The Balaban J connectivity index is 2.83. The second-order valence-corrected chi connectivity index (χ2v) is 3.25. The summed E-state index contributed by atoms with van der Waals surface area (Å²) in [6.45, 7) is 0. The molecule has 2 rings (SSSR count). The van der Waals surface area contributed by atoms with E-state index in [0.29, 0.717) is 5.88 Å². The summed E-state index contributed by atoms with van der Waals surface area (Å²) in [6.07, 6.45) is 0. The summed E-state index contributed by atoms with van der Waals surface area (Å²) in [6, 6.07) is 5.86. The molecule has 0 radical (unpaired) electrons. The maximum absolute atomic E-state index is 5.08. The topological polar surface area (TPSA) is 37.9 Å². The van der Waals surface area contributed by atoms with Crippen molar-refractivity contribution in [2.24, 2.45) is 0 Å². The minimum Gasteiger partial charge on any atom is -0.479 e. The van der Waals surface area contributed by atoms with Crippen LogP contribution < -0.4 is 4.74 Å². The molecule has 62 valence electrons. The van der Waals surface area contributed by atoms with Gasteiger partial charge in [0, 0.05) is 4.47 Å². The van der Waals surface area contributed by atoms with Gasteiger partial charge in [-0.15, -0.1) is 5.10 Å². The zero-order valence-corrected chi connectivity index (χ0v) is 8.05. The molecular weight excluding hydrogens is 220 g/mol. The lowest BCUT2D eigenvalue weighted by Crippen LogP contribution is -1.82. The SMILES string of the molecule is COc1n[nH]c2cccc(Br)c12. The molecule has 2 aromatic rings. The summed E-state index contributed by atoms with van der Waals surface area (Å²) in [5, 5.41) is 7.86. The predicted octanol–water partition coefficient (Wildman–Crippen LogP) is 2.33. The molecule has 0 fully saturated rings. The van der Waals surface area contributed by atoms with Crippen molar-refractivity contribution in [2.75, 3.05) is 7.11 Å². The average molecular weight is 227 g/mol. The summed E-state index contributed by atoms with van der Waals surface area (Å²) < 4.78 is 6.07. The average Bonchev–Trinajstić information content (AvgIpc) is 2.49. The Morgan fingerprint density at radius 3 is 3.08 bits per heavy atom. The lowest BCUT2D eigenvalue weighted by atomic mass is 10.2. The van der Waals surface area contributed by atoms with Crippen molar-refractivity contribution in [3.8, 4) is 5.88 Å². The van der Waals surface area contributed by atoms with Crippen LogP contribution in [0.2, 0.25) is 0 Å². The summed E-state index contributed by atoms with van der Waals surface area (Å²) in [4.78, 5) is 0. The number of benzene rings is 1. The number of methoxy groups -OCH3 is 1. The minimum atomic E-state index is 0.623. The fourth-order valence-electron chi connectivity index (χ4n) is 1.15. The molecular formula is C8H7BrN2O. The third-order valence-corrected chi connectivity index (χ3v) is 2.36. The van der Waals surface area contributed by atoms with Crippen LogP contribution in [0.4, 0.5) is 0 Å². The number of hydrogen-bond donors (Lipinski definition) is 1. The molecule has 4 heteroatoms. The van der Waals surface area contributed by atoms with Gasteiger partial charge in [0.25, 0.3) is 0 Å². The van der Waals surface area contributed by atoms with Crippen LogP contribution in [0, 0.1) is 0 Å². The highest BCUT2D eigenvalue weighted by Crippen LogP contribution is 2.29. The van der Waals surface area contributed by atoms with Gasteiger partial charge in [-0.1, -0.05) is 6.07 Å². The van der Waals surface area contributed by atoms with E-state index in [9.17, 15) is 0 Å². The quantitative estimate of drug-likeness (QED) is 0.811. The summed E-state index contributed by atoms with van der Waals surface area (Å²) in [7, 11) is 1.61. The Morgan fingerprint density at radius 2 is 2.33 bits per heavy atom. The van der Waals surface area contributed by atoms with E-state index in [1.54, 1.807) is 7.11 Å². The van der Waals surface area contributed by atoms with Crippen molar-refractivity contribution < 1.29 is 4.74 Å². The summed E-state index contributed by atoms with van der Waals surface area (Å²) in [5.41, 5.74) is 0.973. The molecule has 1 heterocycles. The van der Waals surface area contributed by atoms with Crippen molar-refractivity contribution in [1.82, 2.24) is 10.2 Å². The monoisotopic (exact) mass is 226 g/mol. The summed E-state index contributed by atoms with van der Waals surface area (Å²) in [5.74, 6) is 0.623. The molecule has 0 saturated heterocycles. The van der Waals surface area contributed by atoms with Crippen LogP contribution in [0.1, 0.15) is 0 Å². The Morgan fingerprint density at radius 1 is 1.50 bits per heavy atom. The molecule has 0 amide bonds. The Bertz CT molecular complexity index is 410. The molecule has 0 unspecified atom stereocenters. The molecule has 1 N–H and O–H groups in total. The smallest absolute Gasteiger partial charge is 0.241 e. The third-order valence-electron chi connectivity index (χ3n) is 1.70. The molecule has 12 heavy (non-hydrogen) atoms. The lowest BCUT2D eigenvalue weighted by Gasteiger charge is -1.95. The molecule has 0 bridgehead atoms. The highest BCUT2D eigenvalue weighted by atomic mass is 79.9. The van der Waals surface area contributed by atoms with E-state index in [4.69, 9.17) is 4.74 Å². The van der Waals surface area contributed by atoms with Crippen LogP contribution in [0.25, 0.3) is 10.9 Å². The second-order valence-electron chi connectivity index (χ2n) is 2.40. The minimum absolute atomic E-state index is 0.623. The fourth-order valence-corrected chi connectivity index (χ4v) is 1.69. The van der Waals surface area contributed by atoms with Crippen LogP contribution >= 0.6 is 15.9 Å². The van der Waals surface area contributed by atoms with Gasteiger partial charge < -0.3 is 4.74 Å². The first-order valence-electron chi connectivity index (χ1n) is 3.49. The number of halogens is 1. The van der Waals surface area contributed by atoms with Gasteiger partial charge in [-0.25, -0.2) is 0 Å². The van der Waals surface area contributed by atoms with E-state index >= 15 is 0 Å². The number of hydrogen-bond acceptors (Lipinski definition) is 2. The maximum atomic E-state index is 5.08. The van der Waals surface area contributed by atoms with E-state index in [2.05, 4.69) is 26.1 Å². The van der Waals surface area contributed by atoms with Gasteiger partial charge in [0.15, 0.2) is 0 Å². The van der Waals surface area contributed by atoms with Gasteiger partial charge in [-0.3, -0.25) is 5.10 Å². The van der Waals surface area contributed by atoms with Crippen LogP contribution in [-0.2, 0) is 0 Å². The Kier molecular flexibility index (Phi) is 1.77. The molecule has 0 spiro atoms. The number of rotatable bonds is 1. The predicted molar refractivity (Wildman–Crippen MR) is 50.3 cm³/mol. The van der Waals surface area contributed by atoms with Crippen LogP contribution in [0.3, 0.4) is 0 Å². The zero-order valence-electron chi connectivity index (χ0n) is 6.47. The number of aromatic amines is 1. The Hall–Kier alpha value is -1.03. The second kappa shape index (κ2) is 2.79. The number of H-pyrrole nitrogens is 1. The van der Waals surface area contributed by atoms with E-state index in [1.807, 2.05) is 18.2 Å². The molecule has 0 atom stereocenters. The van der Waals surface area contributed by atoms with Gasteiger partial charge in [0.1, 0.15) is 0 Å². The largest absolute Gasteiger partial charge is 0.479 e.